The number of fused-ring (bicyclic) bond motifs is 1. The van der Waals surface area contributed by atoms with E-state index >= 15 is 0 Å². The summed E-state index contributed by atoms with van der Waals surface area (Å²) in [5, 5.41) is 3.97. The normalized spacial score (nSPS) is 17.1. The fraction of sp³-hybridized carbons (Fsp3) is 0.533. The minimum Gasteiger partial charge on any atom is -0.349 e. The highest BCUT2D eigenvalue weighted by molar-refractivity contribution is 9.09. The van der Waals surface area contributed by atoms with Gasteiger partial charge in [0.2, 0.25) is 0 Å². The summed E-state index contributed by atoms with van der Waals surface area (Å²) in [7, 11) is 0. The molecule has 0 heterocycles. The Labute approximate surface area is 117 Å². The Morgan fingerprint density at radius 3 is 2.78 bits per heavy atom. The van der Waals surface area contributed by atoms with Crippen molar-refractivity contribution in [2.75, 3.05) is 5.33 Å². The lowest BCUT2D eigenvalue weighted by molar-refractivity contribution is 0.0931. The summed E-state index contributed by atoms with van der Waals surface area (Å²) in [5.41, 5.74) is 3.56. The third kappa shape index (κ3) is 2.94. The second kappa shape index (κ2) is 5.87. The number of carbonyl (C=O) groups is 1. The summed E-state index contributed by atoms with van der Waals surface area (Å²) in [4.78, 5) is 12.1. The predicted octanol–water partition coefficient (Wildman–Crippen LogP) is 3.32. The highest BCUT2D eigenvalue weighted by Gasteiger charge is 2.17. The molecule has 1 amide bonds. The van der Waals surface area contributed by atoms with Crippen molar-refractivity contribution in [1.29, 1.82) is 0 Å². The van der Waals surface area contributed by atoms with E-state index < -0.39 is 0 Å². The molecule has 0 aromatic heterocycles. The molecule has 0 saturated heterocycles. The fourth-order valence-electron chi connectivity index (χ4n) is 2.28. The average molecular weight is 310 g/mol. The average Bonchev–Trinajstić information content (AvgIpc) is 2.84. The Kier molecular flexibility index (Phi) is 4.44. The topological polar surface area (TPSA) is 29.1 Å². The molecule has 0 bridgehead atoms. The Morgan fingerprint density at radius 1 is 1.33 bits per heavy atom. The molecule has 0 fully saturated rings. The predicted molar refractivity (Wildman–Crippen MR) is 78.4 cm³/mol. The summed E-state index contributed by atoms with van der Waals surface area (Å²) in [6.45, 7) is 4.18. The van der Waals surface area contributed by atoms with Crippen molar-refractivity contribution in [2.45, 2.75) is 39.2 Å². The lowest BCUT2D eigenvalue weighted by Crippen LogP contribution is -2.37. The smallest absolute Gasteiger partial charge is 0.251 e. The summed E-state index contributed by atoms with van der Waals surface area (Å²) in [6.07, 6.45) is 3.50. The van der Waals surface area contributed by atoms with E-state index in [0.29, 0.717) is 5.92 Å². The first-order valence-corrected chi connectivity index (χ1v) is 7.72. The number of hydrogen-bond acceptors (Lipinski definition) is 1. The van der Waals surface area contributed by atoms with Gasteiger partial charge in [-0.1, -0.05) is 28.9 Å². The Morgan fingerprint density at radius 2 is 2.06 bits per heavy atom. The standard InChI is InChI=1S/C15H20BrNO/c1-10(9-16)11(2)17-15(18)14-7-6-12-4-3-5-13(12)8-14/h6-8,10-11H,3-5,9H2,1-2H3,(H,17,18). The number of amides is 1. The summed E-state index contributed by atoms with van der Waals surface area (Å²) < 4.78 is 0. The number of halogens is 1. The zero-order valence-corrected chi connectivity index (χ0v) is 12.6. The first kappa shape index (κ1) is 13.6. The lowest BCUT2D eigenvalue weighted by atomic mass is 10.0. The molecule has 0 aliphatic heterocycles. The summed E-state index contributed by atoms with van der Waals surface area (Å²) in [6, 6.07) is 6.30. The van der Waals surface area contributed by atoms with Crippen molar-refractivity contribution in [3.63, 3.8) is 0 Å². The van der Waals surface area contributed by atoms with Crippen LogP contribution in [0.3, 0.4) is 0 Å². The van der Waals surface area contributed by atoms with E-state index in [1.165, 1.54) is 17.5 Å². The van der Waals surface area contributed by atoms with Crippen molar-refractivity contribution in [3.05, 3.63) is 34.9 Å². The van der Waals surface area contributed by atoms with Gasteiger partial charge in [0, 0.05) is 16.9 Å². The minimum atomic E-state index is 0.0463. The van der Waals surface area contributed by atoms with E-state index in [0.717, 1.165) is 23.7 Å². The zero-order valence-electron chi connectivity index (χ0n) is 11.0. The third-order valence-corrected chi connectivity index (χ3v) is 4.84. The van der Waals surface area contributed by atoms with E-state index in [1.807, 2.05) is 6.07 Å². The molecule has 18 heavy (non-hydrogen) atoms. The number of rotatable bonds is 4. The summed E-state index contributed by atoms with van der Waals surface area (Å²) >= 11 is 3.45. The summed E-state index contributed by atoms with van der Waals surface area (Å²) in [5.74, 6) is 0.480. The molecule has 1 aromatic carbocycles. The number of benzene rings is 1. The van der Waals surface area contributed by atoms with E-state index in [1.54, 1.807) is 0 Å². The first-order chi connectivity index (χ1) is 8.61. The molecule has 1 aromatic rings. The Bertz CT molecular complexity index is 444. The quantitative estimate of drug-likeness (QED) is 0.849. The highest BCUT2D eigenvalue weighted by Crippen LogP contribution is 2.22. The molecule has 1 aliphatic carbocycles. The number of carbonyl (C=O) groups excluding carboxylic acids is 1. The van der Waals surface area contributed by atoms with Gasteiger partial charge in [-0.2, -0.15) is 0 Å². The number of hydrogen-bond donors (Lipinski definition) is 1. The Hall–Kier alpha value is -0.830. The molecule has 2 rings (SSSR count). The van der Waals surface area contributed by atoms with Crippen LogP contribution in [0.25, 0.3) is 0 Å². The highest BCUT2D eigenvalue weighted by atomic mass is 79.9. The Balaban J connectivity index is 2.05. The number of alkyl halides is 1. The molecular weight excluding hydrogens is 290 g/mol. The van der Waals surface area contributed by atoms with Crippen LogP contribution in [0.2, 0.25) is 0 Å². The molecule has 2 unspecified atom stereocenters. The van der Waals surface area contributed by atoms with Gasteiger partial charge < -0.3 is 5.32 Å². The maximum Gasteiger partial charge on any atom is 0.251 e. The van der Waals surface area contributed by atoms with Crippen molar-refractivity contribution < 1.29 is 4.79 Å². The van der Waals surface area contributed by atoms with Crippen LogP contribution in [0.5, 0.6) is 0 Å². The van der Waals surface area contributed by atoms with Gasteiger partial charge in [0.05, 0.1) is 0 Å². The molecule has 0 radical (unpaired) electrons. The second-order valence-corrected chi connectivity index (χ2v) is 5.88. The maximum absolute atomic E-state index is 12.1. The number of nitrogens with one attached hydrogen (secondary N) is 1. The monoisotopic (exact) mass is 309 g/mol. The van der Waals surface area contributed by atoms with Crippen LogP contribution < -0.4 is 5.32 Å². The molecule has 98 valence electrons. The molecule has 2 nitrogen and oxygen atoms in total. The molecule has 0 spiro atoms. The van der Waals surface area contributed by atoms with Crippen molar-refractivity contribution in [3.8, 4) is 0 Å². The van der Waals surface area contributed by atoms with Gasteiger partial charge in [-0.15, -0.1) is 0 Å². The third-order valence-electron chi connectivity index (χ3n) is 3.82. The molecule has 3 heteroatoms. The van der Waals surface area contributed by atoms with Crippen LogP contribution in [0, 0.1) is 5.92 Å². The molecule has 2 atom stereocenters. The van der Waals surface area contributed by atoms with Crippen LogP contribution in [0.1, 0.15) is 41.8 Å². The van der Waals surface area contributed by atoms with Gasteiger partial charge >= 0.3 is 0 Å². The molecular formula is C15H20BrNO. The van der Waals surface area contributed by atoms with Crippen LogP contribution in [-0.4, -0.2) is 17.3 Å². The van der Waals surface area contributed by atoms with E-state index in [2.05, 4.69) is 47.2 Å². The van der Waals surface area contributed by atoms with Gasteiger partial charge in [-0.3, -0.25) is 4.79 Å². The van der Waals surface area contributed by atoms with Crippen molar-refractivity contribution >= 4 is 21.8 Å². The lowest BCUT2D eigenvalue weighted by Gasteiger charge is -2.19. The first-order valence-electron chi connectivity index (χ1n) is 6.60. The van der Waals surface area contributed by atoms with Crippen molar-refractivity contribution in [2.24, 2.45) is 5.92 Å². The molecule has 0 saturated carbocycles. The van der Waals surface area contributed by atoms with Gasteiger partial charge in [0.25, 0.3) is 5.91 Å². The SMILES string of the molecule is CC(CBr)C(C)NC(=O)c1ccc2c(c1)CCC2. The second-order valence-electron chi connectivity index (χ2n) is 5.23. The van der Waals surface area contributed by atoms with E-state index in [-0.39, 0.29) is 11.9 Å². The van der Waals surface area contributed by atoms with Gasteiger partial charge in [-0.25, -0.2) is 0 Å². The van der Waals surface area contributed by atoms with Gasteiger partial charge in [-0.05, 0) is 55.4 Å². The number of aryl methyl sites for hydroxylation is 2. The van der Waals surface area contributed by atoms with Crippen LogP contribution in [0.4, 0.5) is 0 Å². The van der Waals surface area contributed by atoms with E-state index in [4.69, 9.17) is 0 Å². The maximum atomic E-state index is 12.1. The minimum absolute atomic E-state index is 0.0463. The van der Waals surface area contributed by atoms with Crippen LogP contribution >= 0.6 is 15.9 Å². The molecule has 1 N–H and O–H groups in total. The van der Waals surface area contributed by atoms with Crippen LogP contribution in [-0.2, 0) is 12.8 Å². The zero-order chi connectivity index (χ0) is 13.1. The van der Waals surface area contributed by atoms with Gasteiger partial charge in [0.1, 0.15) is 0 Å². The molecule has 1 aliphatic rings. The van der Waals surface area contributed by atoms with Crippen molar-refractivity contribution in [1.82, 2.24) is 5.32 Å². The largest absolute Gasteiger partial charge is 0.349 e. The van der Waals surface area contributed by atoms with Gasteiger partial charge in [0.15, 0.2) is 0 Å². The van der Waals surface area contributed by atoms with Crippen LogP contribution in [0.15, 0.2) is 18.2 Å². The van der Waals surface area contributed by atoms with E-state index in [9.17, 15) is 4.79 Å². The fourth-order valence-corrected chi connectivity index (χ4v) is 2.84.